The zero-order valence-electron chi connectivity index (χ0n) is 14.0. The van der Waals surface area contributed by atoms with Gasteiger partial charge in [-0.25, -0.2) is 4.98 Å². The van der Waals surface area contributed by atoms with Crippen LogP contribution >= 0.6 is 23.4 Å². The summed E-state index contributed by atoms with van der Waals surface area (Å²) in [5.41, 5.74) is 0.988. The van der Waals surface area contributed by atoms with Crippen molar-refractivity contribution in [2.75, 3.05) is 18.0 Å². The first-order valence-corrected chi connectivity index (χ1v) is 9.64. The topological polar surface area (TPSA) is 51.8 Å². The van der Waals surface area contributed by atoms with Crippen LogP contribution < -0.4 is 4.90 Å². The van der Waals surface area contributed by atoms with Gasteiger partial charge in [-0.1, -0.05) is 29.4 Å². The minimum Gasteiger partial charge on any atom is -0.341 e. The van der Waals surface area contributed by atoms with Crippen LogP contribution in [0, 0.1) is 0 Å². The summed E-state index contributed by atoms with van der Waals surface area (Å²) in [6.07, 6.45) is 6.15. The predicted molar refractivity (Wildman–Crippen MR) is 101 cm³/mol. The number of aryl methyl sites for hydroxylation is 1. The van der Waals surface area contributed by atoms with E-state index in [0.717, 1.165) is 41.5 Å². The Balaban J connectivity index is 1.69. The quantitative estimate of drug-likeness (QED) is 0.639. The van der Waals surface area contributed by atoms with Gasteiger partial charge in [-0.3, -0.25) is 4.57 Å². The van der Waals surface area contributed by atoms with Crippen molar-refractivity contribution >= 4 is 29.3 Å². The standard InChI is InChI=1S/C17H19ClN6S/c1-22-10-7-19-15(22)12-25-17-21-20-16(23-8-2-3-9-23)24(17)14-6-4-5-13(18)11-14/h4-7,10-11H,2-3,8-9,12H2,1H3. The third-order valence-electron chi connectivity index (χ3n) is 4.32. The summed E-state index contributed by atoms with van der Waals surface area (Å²) in [5.74, 6) is 2.64. The van der Waals surface area contributed by atoms with E-state index >= 15 is 0 Å². The Kier molecular flexibility index (Phi) is 4.67. The van der Waals surface area contributed by atoms with Crippen molar-refractivity contribution in [1.82, 2.24) is 24.3 Å². The van der Waals surface area contributed by atoms with Crippen molar-refractivity contribution in [1.29, 1.82) is 0 Å². The van der Waals surface area contributed by atoms with Crippen LogP contribution in [0.3, 0.4) is 0 Å². The number of aromatic nitrogens is 5. The van der Waals surface area contributed by atoms with Gasteiger partial charge in [0.2, 0.25) is 5.95 Å². The van der Waals surface area contributed by atoms with E-state index in [1.807, 2.05) is 48.3 Å². The van der Waals surface area contributed by atoms with Crippen LogP contribution in [0.4, 0.5) is 5.95 Å². The molecule has 3 aromatic rings. The zero-order valence-corrected chi connectivity index (χ0v) is 15.5. The molecular formula is C17H19ClN6S. The van der Waals surface area contributed by atoms with E-state index in [0.29, 0.717) is 5.02 Å². The van der Waals surface area contributed by atoms with Crippen LogP contribution in [0.25, 0.3) is 5.69 Å². The Morgan fingerprint density at radius 3 is 2.76 bits per heavy atom. The van der Waals surface area contributed by atoms with E-state index in [1.165, 1.54) is 12.8 Å². The first kappa shape index (κ1) is 16.5. The molecule has 4 rings (SSSR count). The minimum atomic E-state index is 0.707. The van der Waals surface area contributed by atoms with Gasteiger partial charge in [0.1, 0.15) is 5.82 Å². The lowest BCUT2D eigenvalue weighted by Crippen LogP contribution is -2.22. The van der Waals surface area contributed by atoms with Gasteiger partial charge in [-0.05, 0) is 31.0 Å². The van der Waals surface area contributed by atoms with Crippen LogP contribution in [0.2, 0.25) is 5.02 Å². The number of imidazole rings is 1. The molecule has 8 heteroatoms. The minimum absolute atomic E-state index is 0.707. The van der Waals surface area contributed by atoms with Gasteiger partial charge < -0.3 is 9.47 Å². The van der Waals surface area contributed by atoms with Gasteiger partial charge in [0.25, 0.3) is 0 Å². The van der Waals surface area contributed by atoms with Crippen molar-refractivity contribution in [3.05, 3.63) is 47.5 Å². The fraction of sp³-hybridized carbons (Fsp3) is 0.353. The largest absolute Gasteiger partial charge is 0.341 e. The smallest absolute Gasteiger partial charge is 0.232 e. The Labute approximate surface area is 155 Å². The Hall–Kier alpha value is -1.99. The monoisotopic (exact) mass is 374 g/mol. The van der Waals surface area contributed by atoms with E-state index in [4.69, 9.17) is 11.6 Å². The summed E-state index contributed by atoms with van der Waals surface area (Å²) in [7, 11) is 2.00. The predicted octanol–water partition coefficient (Wildman–Crippen LogP) is 3.55. The Morgan fingerprint density at radius 2 is 2.04 bits per heavy atom. The van der Waals surface area contributed by atoms with Crippen molar-refractivity contribution < 1.29 is 0 Å². The lowest BCUT2D eigenvalue weighted by molar-refractivity contribution is 0.831. The maximum absolute atomic E-state index is 6.22. The number of anilines is 1. The molecule has 1 aliphatic rings. The molecule has 1 fully saturated rings. The lowest BCUT2D eigenvalue weighted by Gasteiger charge is -2.18. The number of nitrogens with zero attached hydrogens (tertiary/aromatic N) is 6. The van der Waals surface area contributed by atoms with E-state index in [-0.39, 0.29) is 0 Å². The second-order valence-corrected chi connectivity index (χ2v) is 7.41. The normalized spacial score (nSPS) is 14.4. The summed E-state index contributed by atoms with van der Waals surface area (Å²) in [6, 6.07) is 7.83. The van der Waals surface area contributed by atoms with Crippen molar-refractivity contribution in [2.24, 2.45) is 7.05 Å². The first-order valence-electron chi connectivity index (χ1n) is 8.27. The third kappa shape index (κ3) is 3.39. The number of halogens is 1. The van der Waals surface area contributed by atoms with Crippen LogP contribution in [0.5, 0.6) is 0 Å². The molecule has 0 N–H and O–H groups in total. The SMILES string of the molecule is Cn1ccnc1CSc1nnc(N2CCCC2)n1-c1cccc(Cl)c1. The fourth-order valence-electron chi connectivity index (χ4n) is 2.98. The average molecular weight is 375 g/mol. The fourth-order valence-corrected chi connectivity index (χ4v) is 4.12. The highest BCUT2D eigenvalue weighted by Crippen LogP contribution is 2.30. The van der Waals surface area contributed by atoms with Gasteiger partial charge in [0, 0.05) is 37.6 Å². The molecule has 3 heterocycles. The lowest BCUT2D eigenvalue weighted by atomic mass is 10.3. The van der Waals surface area contributed by atoms with Crippen molar-refractivity contribution in [3.8, 4) is 5.69 Å². The molecule has 130 valence electrons. The molecule has 1 aliphatic heterocycles. The molecule has 0 bridgehead atoms. The maximum atomic E-state index is 6.22. The molecule has 0 unspecified atom stereocenters. The van der Waals surface area contributed by atoms with Crippen molar-refractivity contribution in [2.45, 2.75) is 23.8 Å². The van der Waals surface area contributed by atoms with Gasteiger partial charge in [0.15, 0.2) is 5.16 Å². The first-order chi connectivity index (χ1) is 12.2. The Morgan fingerprint density at radius 1 is 1.20 bits per heavy atom. The van der Waals surface area contributed by atoms with Gasteiger partial charge in [-0.2, -0.15) is 0 Å². The van der Waals surface area contributed by atoms with Gasteiger partial charge in [-0.15, -0.1) is 10.2 Å². The van der Waals surface area contributed by atoms with E-state index < -0.39 is 0 Å². The summed E-state index contributed by atoms with van der Waals surface area (Å²) in [5, 5.41) is 10.5. The molecule has 0 aliphatic carbocycles. The van der Waals surface area contributed by atoms with E-state index in [9.17, 15) is 0 Å². The summed E-state index contributed by atoms with van der Waals surface area (Å²) >= 11 is 7.85. The maximum Gasteiger partial charge on any atom is 0.232 e. The van der Waals surface area contributed by atoms with E-state index in [2.05, 4.69) is 24.6 Å². The number of rotatable bonds is 5. The van der Waals surface area contributed by atoms with E-state index in [1.54, 1.807) is 11.8 Å². The molecule has 0 atom stereocenters. The number of thioether (sulfide) groups is 1. The van der Waals surface area contributed by atoms with Gasteiger partial charge >= 0.3 is 0 Å². The second kappa shape index (κ2) is 7.09. The second-order valence-electron chi connectivity index (χ2n) is 6.04. The summed E-state index contributed by atoms with van der Waals surface area (Å²) in [6.45, 7) is 2.03. The van der Waals surface area contributed by atoms with Crippen LogP contribution in [-0.4, -0.2) is 37.4 Å². The highest BCUT2D eigenvalue weighted by atomic mass is 35.5. The number of hydrogen-bond donors (Lipinski definition) is 0. The summed E-state index contributed by atoms with van der Waals surface area (Å²) in [4.78, 5) is 6.68. The molecule has 1 aromatic carbocycles. The molecule has 0 spiro atoms. The highest BCUT2D eigenvalue weighted by molar-refractivity contribution is 7.98. The molecule has 0 radical (unpaired) electrons. The van der Waals surface area contributed by atoms with Crippen molar-refractivity contribution in [3.63, 3.8) is 0 Å². The van der Waals surface area contributed by atoms with Crippen LogP contribution in [-0.2, 0) is 12.8 Å². The molecule has 0 saturated carbocycles. The molecule has 1 saturated heterocycles. The van der Waals surface area contributed by atoms with Crippen LogP contribution in [0.1, 0.15) is 18.7 Å². The average Bonchev–Trinajstić information content (AvgIpc) is 3.33. The summed E-state index contributed by atoms with van der Waals surface area (Å²) < 4.78 is 4.12. The Bertz CT molecular complexity index is 868. The zero-order chi connectivity index (χ0) is 17.2. The molecule has 25 heavy (non-hydrogen) atoms. The highest BCUT2D eigenvalue weighted by Gasteiger charge is 2.22. The third-order valence-corrected chi connectivity index (χ3v) is 5.48. The molecule has 2 aromatic heterocycles. The number of benzene rings is 1. The molecular weight excluding hydrogens is 356 g/mol. The molecule has 6 nitrogen and oxygen atoms in total. The molecule has 0 amide bonds. The van der Waals surface area contributed by atoms with Gasteiger partial charge in [0.05, 0.1) is 11.4 Å². The number of hydrogen-bond acceptors (Lipinski definition) is 5. The van der Waals surface area contributed by atoms with Crippen LogP contribution in [0.15, 0.2) is 41.8 Å².